The quantitative estimate of drug-likeness (QED) is 0.798. The third-order valence-electron chi connectivity index (χ3n) is 4.13. The van der Waals surface area contributed by atoms with Gasteiger partial charge < -0.3 is 4.90 Å². The second-order valence-electron chi connectivity index (χ2n) is 5.61. The van der Waals surface area contributed by atoms with Gasteiger partial charge in [-0.15, -0.1) is 0 Å². The van der Waals surface area contributed by atoms with Crippen LogP contribution < -0.4 is 0 Å². The van der Waals surface area contributed by atoms with Crippen molar-refractivity contribution < 1.29 is 0 Å². The van der Waals surface area contributed by atoms with Gasteiger partial charge in [-0.3, -0.25) is 9.80 Å². The number of hydrogen-bond acceptors (Lipinski definition) is 3. The molecule has 0 spiro atoms. The van der Waals surface area contributed by atoms with E-state index >= 15 is 0 Å². The molecule has 1 heterocycles. The van der Waals surface area contributed by atoms with Crippen LogP contribution in [0.15, 0.2) is 24.3 Å². The minimum Gasteiger partial charge on any atom is -0.304 e. The highest BCUT2D eigenvalue weighted by molar-refractivity contribution is 6.31. The molecule has 3 nitrogen and oxygen atoms in total. The van der Waals surface area contributed by atoms with Crippen LogP contribution in [-0.4, -0.2) is 67.6 Å². The molecule has 1 aromatic carbocycles. The molecule has 0 atom stereocenters. The third-order valence-corrected chi connectivity index (χ3v) is 4.50. The Morgan fingerprint density at radius 1 is 1.15 bits per heavy atom. The van der Waals surface area contributed by atoms with E-state index < -0.39 is 0 Å². The zero-order chi connectivity index (χ0) is 14.4. The number of piperazine rings is 1. The summed E-state index contributed by atoms with van der Waals surface area (Å²) in [6.45, 7) is 11.3. The van der Waals surface area contributed by atoms with E-state index in [1.54, 1.807) is 0 Å². The number of benzene rings is 1. The Balaban J connectivity index is 1.79. The fourth-order valence-corrected chi connectivity index (χ4v) is 2.77. The van der Waals surface area contributed by atoms with Crippen LogP contribution in [0.25, 0.3) is 0 Å². The molecule has 0 unspecified atom stereocenters. The van der Waals surface area contributed by atoms with E-state index in [1.807, 2.05) is 12.1 Å². The molecule has 1 saturated heterocycles. The van der Waals surface area contributed by atoms with E-state index in [-0.39, 0.29) is 0 Å². The second kappa shape index (κ2) is 7.99. The standard InChI is InChI=1S/C16H26ClN3/c1-3-19(14-15-6-4-5-7-16(15)17)12-13-20-10-8-18(2)9-11-20/h4-7H,3,8-14H2,1-2H3. The molecule has 112 valence electrons. The highest BCUT2D eigenvalue weighted by Gasteiger charge is 2.14. The first-order valence-electron chi connectivity index (χ1n) is 7.55. The second-order valence-corrected chi connectivity index (χ2v) is 6.01. The zero-order valence-electron chi connectivity index (χ0n) is 12.7. The molecule has 0 N–H and O–H groups in total. The normalized spacial score (nSPS) is 17.8. The Bertz CT molecular complexity index is 402. The lowest BCUT2D eigenvalue weighted by molar-refractivity contribution is 0.134. The highest BCUT2D eigenvalue weighted by Crippen LogP contribution is 2.16. The van der Waals surface area contributed by atoms with Crippen LogP contribution in [0.1, 0.15) is 12.5 Å². The first-order valence-corrected chi connectivity index (χ1v) is 7.93. The first kappa shape index (κ1) is 15.8. The summed E-state index contributed by atoms with van der Waals surface area (Å²) in [4.78, 5) is 7.44. The van der Waals surface area contributed by atoms with Gasteiger partial charge in [0.15, 0.2) is 0 Å². The summed E-state index contributed by atoms with van der Waals surface area (Å²) in [5, 5.41) is 0.880. The van der Waals surface area contributed by atoms with E-state index in [0.717, 1.165) is 31.2 Å². The molecule has 0 amide bonds. The number of hydrogen-bond donors (Lipinski definition) is 0. The molecule has 4 heteroatoms. The summed E-state index contributed by atoms with van der Waals surface area (Å²) in [5.74, 6) is 0. The molecular formula is C16H26ClN3. The van der Waals surface area contributed by atoms with Crippen molar-refractivity contribution in [3.05, 3.63) is 34.9 Å². The average molecular weight is 296 g/mol. The molecule has 0 bridgehead atoms. The van der Waals surface area contributed by atoms with Gasteiger partial charge in [0.05, 0.1) is 0 Å². The van der Waals surface area contributed by atoms with Gasteiger partial charge in [0, 0.05) is 50.8 Å². The molecule has 0 saturated carbocycles. The van der Waals surface area contributed by atoms with Crippen LogP contribution in [0.3, 0.4) is 0 Å². The molecule has 0 aliphatic carbocycles. The van der Waals surface area contributed by atoms with Crippen LogP contribution in [0.2, 0.25) is 5.02 Å². The Morgan fingerprint density at radius 3 is 2.50 bits per heavy atom. The topological polar surface area (TPSA) is 9.72 Å². The van der Waals surface area contributed by atoms with E-state index in [1.165, 1.54) is 31.7 Å². The van der Waals surface area contributed by atoms with Crippen molar-refractivity contribution in [3.8, 4) is 0 Å². The predicted molar refractivity (Wildman–Crippen MR) is 86.3 cm³/mol. The number of likely N-dealkylation sites (N-methyl/N-ethyl adjacent to an activating group) is 2. The maximum Gasteiger partial charge on any atom is 0.0451 e. The van der Waals surface area contributed by atoms with Crippen molar-refractivity contribution in [3.63, 3.8) is 0 Å². The smallest absolute Gasteiger partial charge is 0.0451 e. The van der Waals surface area contributed by atoms with Crippen molar-refractivity contribution in [2.24, 2.45) is 0 Å². The largest absolute Gasteiger partial charge is 0.304 e. The molecule has 1 aliphatic heterocycles. The summed E-state index contributed by atoms with van der Waals surface area (Å²) in [5.41, 5.74) is 1.23. The van der Waals surface area contributed by atoms with Gasteiger partial charge in [0.25, 0.3) is 0 Å². The van der Waals surface area contributed by atoms with Gasteiger partial charge >= 0.3 is 0 Å². The Labute approximate surface area is 128 Å². The molecule has 1 aromatic rings. The Morgan fingerprint density at radius 2 is 1.85 bits per heavy atom. The van der Waals surface area contributed by atoms with E-state index in [9.17, 15) is 0 Å². The predicted octanol–water partition coefficient (Wildman–Crippen LogP) is 2.41. The molecular weight excluding hydrogens is 270 g/mol. The lowest BCUT2D eigenvalue weighted by Gasteiger charge is -2.33. The molecule has 1 aliphatic rings. The zero-order valence-corrected chi connectivity index (χ0v) is 13.4. The van der Waals surface area contributed by atoms with Crippen molar-refractivity contribution >= 4 is 11.6 Å². The summed E-state index contributed by atoms with van der Waals surface area (Å²) in [7, 11) is 2.20. The monoisotopic (exact) mass is 295 g/mol. The fourth-order valence-electron chi connectivity index (χ4n) is 2.57. The maximum atomic E-state index is 6.25. The lowest BCUT2D eigenvalue weighted by Crippen LogP contribution is -2.46. The van der Waals surface area contributed by atoms with Gasteiger partial charge in [0.2, 0.25) is 0 Å². The average Bonchev–Trinajstić information content (AvgIpc) is 2.47. The lowest BCUT2D eigenvalue weighted by atomic mass is 10.2. The van der Waals surface area contributed by atoms with Gasteiger partial charge in [-0.2, -0.15) is 0 Å². The van der Waals surface area contributed by atoms with Crippen molar-refractivity contribution in [1.29, 1.82) is 0 Å². The van der Waals surface area contributed by atoms with E-state index in [2.05, 4.69) is 40.8 Å². The maximum absolute atomic E-state index is 6.25. The van der Waals surface area contributed by atoms with Crippen molar-refractivity contribution in [1.82, 2.24) is 14.7 Å². The minimum atomic E-state index is 0.880. The van der Waals surface area contributed by atoms with Gasteiger partial charge in [0.1, 0.15) is 0 Å². The van der Waals surface area contributed by atoms with Crippen LogP contribution in [0, 0.1) is 0 Å². The van der Waals surface area contributed by atoms with E-state index in [0.29, 0.717) is 0 Å². The molecule has 20 heavy (non-hydrogen) atoms. The van der Waals surface area contributed by atoms with Gasteiger partial charge in [-0.05, 0) is 25.2 Å². The number of halogens is 1. The van der Waals surface area contributed by atoms with Crippen molar-refractivity contribution in [2.75, 3.05) is 52.9 Å². The molecule has 0 radical (unpaired) electrons. The summed E-state index contributed by atoms with van der Waals surface area (Å²) < 4.78 is 0. The Kier molecular flexibility index (Phi) is 6.30. The van der Waals surface area contributed by atoms with Crippen LogP contribution >= 0.6 is 11.6 Å². The minimum absolute atomic E-state index is 0.880. The van der Waals surface area contributed by atoms with Gasteiger partial charge in [-0.1, -0.05) is 36.7 Å². The molecule has 2 rings (SSSR count). The van der Waals surface area contributed by atoms with E-state index in [4.69, 9.17) is 11.6 Å². The highest BCUT2D eigenvalue weighted by atomic mass is 35.5. The van der Waals surface area contributed by atoms with Crippen LogP contribution in [0.5, 0.6) is 0 Å². The van der Waals surface area contributed by atoms with Gasteiger partial charge in [-0.25, -0.2) is 0 Å². The van der Waals surface area contributed by atoms with Crippen LogP contribution in [0.4, 0.5) is 0 Å². The first-order chi connectivity index (χ1) is 9.69. The molecule has 0 aromatic heterocycles. The number of nitrogens with zero attached hydrogens (tertiary/aromatic N) is 3. The Hall–Kier alpha value is -0.610. The van der Waals surface area contributed by atoms with Crippen LogP contribution in [-0.2, 0) is 6.54 Å². The summed E-state index contributed by atoms with van der Waals surface area (Å²) in [6, 6.07) is 8.16. The molecule has 1 fully saturated rings. The summed E-state index contributed by atoms with van der Waals surface area (Å²) in [6.07, 6.45) is 0. The summed E-state index contributed by atoms with van der Waals surface area (Å²) >= 11 is 6.25. The fraction of sp³-hybridized carbons (Fsp3) is 0.625. The van der Waals surface area contributed by atoms with Crippen molar-refractivity contribution in [2.45, 2.75) is 13.5 Å². The number of rotatable bonds is 6. The SMILES string of the molecule is CCN(CCN1CCN(C)CC1)Cc1ccccc1Cl. The third kappa shape index (κ3) is 4.74.